The number of nitrogens with one attached hydrogen (secondary N) is 2. The molecule has 0 bridgehead atoms. The third kappa shape index (κ3) is 3.94. The number of anilines is 2. The maximum atomic E-state index is 12.4. The number of ether oxygens (including phenoxy) is 2. The Morgan fingerprint density at radius 3 is 2.61 bits per heavy atom. The predicted molar refractivity (Wildman–Crippen MR) is 113 cm³/mol. The molecule has 3 rings (SSSR count). The van der Waals surface area contributed by atoms with Crippen molar-refractivity contribution in [3.05, 3.63) is 52.4 Å². The SMILES string of the molecule is CCOc1c(C(=O)OC)sc2ccc(NC(=O)Nc3cccc(C)c3C)cc12. The maximum absolute atomic E-state index is 12.4. The van der Waals surface area contributed by atoms with Gasteiger partial charge in [-0.15, -0.1) is 11.3 Å². The second-order valence-electron chi connectivity index (χ2n) is 6.22. The molecule has 2 aromatic carbocycles. The van der Waals surface area contributed by atoms with Gasteiger partial charge in [0.1, 0.15) is 0 Å². The largest absolute Gasteiger partial charge is 0.491 e. The first-order valence-corrected chi connectivity index (χ1v) is 9.68. The molecule has 0 fully saturated rings. The third-order valence-corrected chi connectivity index (χ3v) is 5.54. The summed E-state index contributed by atoms with van der Waals surface area (Å²) >= 11 is 1.30. The van der Waals surface area contributed by atoms with Crippen LogP contribution in [0.5, 0.6) is 5.75 Å². The molecule has 0 saturated carbocycles. The van der Waals surface area contributed by atoms with Crippen LogP contribution < -0.4 is 15.4 Å². The van der Waals surface area contributed by atoms with Crippen LogP contribution in [0.25, 0.3) is 10.1 Å². The number of rotatable bonds is 5. The summed E-state index contributed by atoms with van der Waals surface area (Å²) in [5.41, 5.74) is 3.49. The highest BCUT2D eigenvalue weighted by molar-refractivity contribution is 7.21. The summed E-state index contributed by atoms with van der Waals surface area (Å²) in [6.45, 7) is 6.23. The van der Waals surface area contributed by atoms with Crippen molar-refractivity contribution in [2.45, 2.75) is 20.8 Å². The lowest BCUT2D eigenvalue weighted by molar-refractivity contribution is 0.0602. The molecule has 2 amide bonds. The van der Waals surface area contributed by atoms with Gasteiger partial charge in [-0.05, 0) is 56.2 Å². The fourth-order valence-electron chi connectivity index (χ4n) is 2.84. The third-order valence-electron chi connectivity index (χ3n) is 4.41. The van der Waals surface area contributed by atoms with E-state index in [1.807, 2.05) is 45.0 Å². The van der Waals surface area contributed by atoms with Crippen molar-refractivity contribution in [3.8, 4) is 5.75 Å². The average molecular weight is 398 g/mol. The van der Waals surface area contributed by atoms with Gasteiger partial charge in [-0.2, -0.15) is 0 Å². The van der Waals surface area contributed by atoms with E-state index in [1.54, 1.807) is 12.1 Å². The van der Waals surface area contributed by atoms with Crippen molar-refractivity contribution >= 4 is 44.8 Å². The van der Waals surface area contributed by atoms with Crippen LogP contribution in [0, 0.1) is 13.8 Å². The van der Waals surface area contributed by atoms with Gasteiger partial charge >= 0.3 is 12.0 Å². The van der Waals surface area contributed by atoms with E-state index < -0.39 is 5.97 Å². The Hall–Kier alpha value is -3.06. The Labute approximate surface area is 167 Å². The summed E-state index contributed by atoms with van der Waals surface area (Å²) in [6.07, 6.45) is 0. The van der Waals surface area contributed by atoms with Crippen LogP contribution in [0.3, 0.4) is 0 Å². The van der Waals surface area contributed by atoms with Gasteiger partial charge in [-0.3, -0.25) is 0 Å². The fourth-order valence-corrected chi connectivity index (χ4v) is 3.88. The Bertz CT molecular complexity index is 1040. The first kappa shape index (κ1) is 19.7. The number of methoxy groups -OCH3 is 1. The van der Waals surface area contributed by atoms with Crippen molar-refractivity contribution in [3.63, 3.8) is 0 Å². The van der Waals surface area contributed by atoms with Crippen LogP contribution in [0.15, 0.2) is 36.4 Å². The molecule has 28 heavy (non-hydrogen) atoms. The number of carbonyl (C=O) groups excluding carboxylic acids is 2. The molecule has 0 aliphatic carbocycles. The molecular weight excluding hydrogens is 376 g/mol. The zero-order chi connectivity index (χ0) is 20.3. The van der Waals surface area contributed by atoms with Crippen LogP contribution in [-0.4, -0.2) is 25.7 Å². The lowest BCUT2D eigenvalue weighted by Crippen LogP contribution is -2.20. The van der Waals surface area contributed by atoms with Crippen LogP contribution in [0.2, 0.25) is 0 Å². The Kier molecular flexibility index (Phi) is 5.84. The number of urea groups is 1. The summed E-state index contributed by atoms with van der Waals surface area (Å²) in [5, 5.41) is 6.46. The van der Waals surface area contributed by atoms with Gasteiger partial charge in [-0.1, -0.05) is 12.1 Å². The van der Waals surface area contributed by atoms with Crippen molar-refractivity contribution in [2.75, 3.05) is 24.4 Å². The molecule has 0 saturated heterocycles. The number of fused-ring (bicyclic) bond motifs is 1. The van der Waals surface area contributed by atoms with Gasteiger partial charge in [0.25, 0.3) is 0 Å². The van der Waals surface area contributed by atoms with E-state index in [1.165, 1.54) is 18.4 Å². The van der Waals surface area contributed by atoms with Gasteiger partial charge in [0.2, 0.25) is 0 Å². The molecule has 1 aromatic heterocycles. The van der Waals surface area contributed by atoms with E-state index in [4.69, 9.17) is 9.47 Å². The van der Waals surface area contributed by atoms with Crippen LogP contribution in [0.1, 0.15) is 27.7 Å². The molecule has 1 heterocycles. The average Bonchev–Trinajstić information content (AvgIpc) is 3.03. The van der Waals surface area contributed by atoms with E-state index in [9.17, 15) is 9.59 Å². The minimum Gasteiger partial charge on any atom is -0.491 e. The van der Waals surface area contributed by atoms with Crippen molar-refractivity contribution in [1.82, 2.24) is 0 Å². The lowest BCUT2D eigenvalue weighted by atomic mass is 10.1. The zero-order valence-electron chi connectivity index (χ0n) is 16.2. The zero-order valence-corrected chi connectivity index (χ0v) is 17.0. The Morgan fingerprint density at radius 1 is 1.11 bits per heavy atom. The molecule has 7 heteroatoms. The summed E-state index contributed by atoms with van der Waals surface area (Å²) in [6, 6.07) is 10.9. The van der Waals surface area contributed by atoms with E-state index in [2.05, 4.69) is 10.6 Å². The van der Waals surface area contributed by atoms with Gasteiger partial charge < -0.3 is 20.1 Å². The topological polar surface area (TPSA) is 76.7 Å². The van der Waals surface area contributed by atoms with Crippen LogP contribution in [0.4, 0.5) is 16.2 Å². The molecule has 0 aliphatic heterocycles. The number of benzene rings is 2. The monoisotopic (exact) mass is 398 g/mol. The predicted octanol–water partition coefficient (Wildman–Crippen LogP) is 5.35. The molecule has 6 nitrogen and oxygen atoms in total. The van der Waals surface area contributed by atoms with Crippen molar-refractivity contribution < 1.29 is 19.1 Å². The van der Waals surface area contributed by atoms with E-state index in [-0.39, 0.29) is 6.03 Å². The smallest absolute Gasteiger partial charge is 0.351 e. The second-order valence-corrected chi connectivity index (χ2v) is 7.27. The molecule has 0 aliphatic rings. The number of amides is 2. The van der Waals surface area contributed by atoms with Crippen molar-refractivity contribution in [2.24, 2.45) is 0 Å². The molecule has 0 radical (unpaired) electrons. The summed E-state index contributed by atoms with van der Waals surface area (Å²) in [7, 11) is 1.34. The summed E-state index contributed by atoms with van der Waals surface area (Å²) in [4.78, 5) is 24.9. The van der Waals surface area contributed by atoms with Crippen LogP contribution in [-0.2, 0) is 4.74 Å². The standard InChI is InChI=1S/C21H22N2O4S/c1-5-27-18-15-11-14(9-10-17(15)28-19(18)20(24)26-4)22-21(25)23-16-8-6-7-12(2)13(16)3/h6-11H,5H2,1-4H3,(H2,22,23,25). The highest BCUT2D eigenvalue weighted by atomic mass is 32.1. The Morgan fingerprint density at radius 2 is 1.89 bits per heavy atom. The highest BCUT2D eigenvalue weighted by Crippen LogP contribution is 2.39. The fraction of sp³-hybridized carbons (Fsp3) is 0.238. The number of carbonyl (C=O) groups is 2. The molecule has 0 spiro atoms. The number of aryl methyl sites for hydroxylation is 1. The van der Waals surface area contributed by atoms with E-state index in [0.717, 1.165) is 26.9 Å². The number of hydrogen-bond donors (Lipinski definition) is 2. The van der Waals surface area contributed by atoms with Gasteiger partial charge in [-0.25, -0.2) is 9.59 Å². The second kappa shape index (κ2) is 8.31. The summed E-state index contributed by atoms with van der Waals surface area (Å²) in [5.74, 6) is 0.0414. The van der Waals surface area contributed by atoms with Gasteiger partial charge in [0.15, 0.2) is 10.6 Å². The minimum atomic E-state index is -0.438. The Balaban J connectivity index is 1.87. The van der Waals surface area contributed by atoms with Gasteiger partial charge in [0.05, 0.1) is 13.7 Å². The molecule has 0 atom stereocenters. The molecule has 3 aromatic rings. The number of hydrogen-bond acceptors (Lipinski definition) is 5. The normalized spacial score (nSPS) is 10.6. The van der Waals surface area contributed by atoms with Gasteiger partial charge in [0, 0.05) is 21.5 Å². The molecule has 0 unspecified atom stereocenters. The lowest BCUT2D eigenvalue weighted by Gasteiger charge is -2.12. The molecule has 2 N–H and O–H groups in total. The highest BCUT2D eigenvalue weighted by Gasteiger charge is 2.21. The van der Waals surface area contributed by atoms with Crippen LogP contribution >= 0.6 is 11.3 Å². The number of thiophene rings is 1. The van der Waals surface area contributed by atoms with E-state index in [0.29, 0.717) is 22.9 Å². The molecular formula is C21H22N2O4S. The minimum absolute atomic E-state index is 0.338. The van der Waals surface area contributed by atoms with Crippen molar-refractivity contribution in [1.29, 1.82) is 0 Å². The molecule has 146 valence electrons. The quantitative estimate of drug-likeness (QED) is 0.568. The maximum Gasteiger partial charge on any atom is 0.351 e. The summed E-state index contributed by atoms with van der Waals surface area (Å²) < 4.78 is 11.4. The van der Waals surface area contributed by atoms with E-state index >= 15 is 0 Å². The number of esters is 1. The first-order chi connectivity index (χ1) is 13.4. The first-order valence-electron chi connectivity index (χ1n) is 8.86.